The van der Waals surface area contributed by atoms with Crippen molar-refractivity contribution in [3.8, 4) is 0 Å². The largest absolute Gasteiger partial charge is 0.392 e. The minimum absolute atomic E-state index is 0.157. The maximum atomic E-state index is 12.5. The first-order chi connectivity index (χ1) is 9.85. The molecule has 1 aromatic heterocycles. The summed E-state index contributed by atoms with van der Waals surface area (Å²) in [7, 11) is -3.70. The van der Waals surface area contributed by atoms with Crippen LogP contribution in [-0.2, 0) is 16.6 Å². The molecule has 2 rings (SSSR count). The number of nitrogens with one attached hydrogen (secondary N) is 1. The molecule has 2 N–H and O–H groups in total. The quantitative estimate of drug-likeness (QED) is 0.822. The smallest absolute Gasteiger partial charge is 0.241 e. The Hall–Kier alpha value is -0.800. The van der Waals surface area contributed by atoms with Gasteiger partial charge < -0.3 is 5.11 Å². The molecule has 5 nitrogen and oxygen atoms in total. The van der Waals surface area contributed by atoms with Crippen LogP contribution in [0.1, 0.15) is 29.1 Å². The summed E-state index contributed by atoms with van der Waals surface area (Å²) in [5, 5.41) is 11.7. The number of halogens is 1. The molecular weight excluding hydrogens is 376 g/mol. The standard InChI is InChI=1S/C13H15BrN2O3S2/c1-8-11(14)5-10(7-17)6-12(8)21(18,19)16-9(2)13-15-3-4-20-13/h3-6,9,16-17H,7H2,1-2H3. The van der Waals surface area contributed by atoms with Crippen LogP contribution in [0.2, 0.25) is 0 Å². The van der Waals surface area contributed by atoms with Gasteiger partial charge in [0.1, 0.15) is 5.01 Å². The molecule has 0 amide bonds. The first-order valence-electron chi connectivity index (χ1n) is 6.16. The third kappa shape index (κ3) is 3.70. The fourth-order valence-electron chi connectivity index (χ4n) is 1.87. The lowest BCUT2D eigenvalue weighted by Gasteiger charge is -2.15. The second kappa shape index (κ2) is 6.53. The molecular formula is C13H15BrN2O3S2. The molecule has 0 aliphatic heterocycles. The van der Waals surface area contributed by atoms with Crippen molar-refractivity contribution in [3.63, 3.8) is 0 Å². The van der Waals surface area contributed by atoms with Gasteiger partial charge in [0.2, 0.25) is 10.0 Å². The number of hydrogen-bond donors (Lipinski definition) is 2. The highest BCUT2D eigenvalue weighted by Crippen LogP contribution is 2.27. The zero-order chi connectivity index (χ0) is 15.6. The topological polar surface area (TPSA) is 79.3 Å². The number of benzene rings is 1. The molecule has 1 heterocycles. The predicted molar refractivity (Wildman–Crippen MR) is 85.7 cm³/mol. The number of thiazole rings is 1. The number of aromatic nitrogens is 1. The van der Waals surface area contributed by atoms with Gasteiger partial charge in [-0.3, -0.25) is 0 Å². The van der Waals surface area contributed by atoms with E-state index < -0.39 is 16.1 Å². The minimum Gasteiger partial charge on any atom is -0.392 e. The Labute approximate surface area is 136 Å². The van der Waals surface area contributed by atoms with Crippen LogP contribution < -0.4 is 4.72 Å². The van der Waals surface area contributed by atoms with Gasteiger partial charge in [-0.05, 0) is 37.1 Å². The van der Waals surface area contributed by atoms with E-state index >= 15 is 0 Å². The molecule has 0 aliphatic rings. The molecule has 1 atom stereocenters. The van der Waals surface area contributed by atoms with Gasteiger partial charge >= 0.3 is 0 Å². The number of aliphatic hydroxyl groups excluding tert-OH is 1. The summed E-state index contributed by atoms with van der Waals surface area (Å²) in [6.07, 6.45) is 1.64. The van der Waals surface area contributed by atoms with Crippen LogP contribution >= 0.6 is 27.3 Å². The lowest BCUT2D eigenvalue weighted by Crippen LogP contribution is -2.27. The van der Waals surface area contributed by atoms with Gasteiger partial charge in [0.05, 0.1) is 17.5 Å². The number of sulfonamides is 1. The third-order valence-electron chi connectivity index (χ3n) is 2.98. The average molecular weight is 391 g/mol. The highest BCUT2D eigenvalue weighted by Gasteiger charge is 2.23. The Morgan fingerprint density at radius 1 is 1.48 bits per heavy atom. The van der Waals surface area contributed by atoms with E-state index in [1.165, 1.54) is 17.4 Å². The van der Waals surface area contributed by atoms with E-state index in [4.69, 9.17) is 0 Å². The van der Waals surface area contributed by atoms with Gasteiger partial charge in [0, 0.05) is 16.0 Å². The summed E-state index contributed by atoms with van der Waals surface area (Å²) in [6.45, 7) is 3.24. The van der Waals surface area contributed by atoms with Gasteiger partial charge in [0.25, 0.3) is 0 Å². The zero-order valence-corrected chi connectivity index (χ0v) is 14.7. The molecule has 0 radical (unpaired) electrons. The van der Waals surface area contributed by atoms with Crippen molar-refractivity contribution in [3.05, 3.63) is 44.3 Å². The van der Waals surface area contributed by atoms with Crippen molar-refractivity contribution in [2.45, 2.75) is 31.4 Å². The second-order valence-corrected chi connectivity index (χ2v) is 8.04. The summed E-state index contributed by atoms with van der Waals surface area (Å²) in [4.78, 5) is 4.27. The summed E-state index contributed by atoms with van der Waals surface area (Å²) in [6, 6.07) is 2.78. The normalized spacial score (nSPS) is 13.3. The number of hydrogen-bond acceptors (Lipinski definition) is 5. The lowest BCUT2D eigenvalue weighted by molar-refractivity contribution is 0.281. The summed E-state index contributed by atoms with van der Waals surface area (Å²) >= 11 is 4.72. The fraction of sp³-hybridized carbons (Fsp3) is 0.308. The molecule has 1 aromatic carbocycles. The first-order valence-corrected chi connectivity index (χ1v) is 9.32. The van der Waals surface area contributed by atoms with Crippen LogP contribution in [0.3, 0.4) is 0 Å². The average Bonchev–Trinajstić information content (AvgIpc) is 2.95. The Morgan fingerprint density at radius 3 is 2.76 bits per heavy atom. The first kappa shape index (κ1) is 16.6. The van der Waals surface area contributed by atoms with E-state index in [1.54, 1.807) is 31.5 Å². The molecule has 0 bridgehead atoms. The van der Waals surface area contributed by atoms with Crippen molar-refractivity contribution < 1.29 is 13.5 Å². The van der Waals surface area contributed by atoms with Crippen molar-refractivity contribution in [1.29, 1.82) is 0 Å². The molecule has 0 saturated heterocycles. The van der Waals surface area contributed by atoms with Gasteiger partial charge in [-0.1, -0.05) is 15.9 Å². The number of nitrogens with zero attached hydrogens (tertiary/aromatic N) is 1. The molecule has 0 spiro atoms. The van der Waals surface area contributed by atoms with Crippen LogP contribution in [0, 0.1) is 6.92 Å². The summed E-state index contributed by atoms with van der Waals surface area (Å²) < 4.78 is 28.3. The van der Waals surface area contributed by atoms with Gasteiger partial charge in [-0.25, -0.2) is 18.1 Å². The maximum absolute atomic E-state index is 12.5. The van der Waals surface area contributed by atoms with Crippen molar-refractivity contribution in [2.75, 3.05) is 0 Å². The minimum atomic E-state index is -3.70. The third-order valence-corrected chi connectivity index (χ3v) is 6.43. The van der Waals surface area contributed by atoms with E-state index in [2.05, 4.69) is 25.6 Å². The van der Waals surface area contributed by atoms with E-state index in [0.717, 1.165) is 0 Å². The predicted octanol–water partition coefficient (Wildman–Crippen LogP) is 2.75. The molecule has 0 saturated carbocycles. The van der Waals surface area contributed by atoms with Crippen LogP contribution in [0.15, 0.2) is 33.1 Å². The highest BCUT2D eigenvalue weighted by atomic mass is 79.9. The van der Waals surface area contributed by atoms with Crippen LogP contribution in [0.4, 0.5) is 0 Å². The highest BCUT2D eigenvalue weighted by molar-refractivity contribution is 9.10. The summed E-state index contributed by atoms with van der Waals surface area (Å²) in [5.74, 6) is 0. The molecule has 1 unspecified atom stereocenters. The molecule has 0 aliphatic carbocycles. The van der Waals surface area contributed by atoms with E-state index in [-0.39, 0.29) is 11.5 Å². The van der Waals surface area contributed by atoms with E-state index in [1.807, 2.05) is 0 Å². The fourth-order valence-corrected chi connectivity index (χ4v) is 4.76. The van der Waals surface area contributed by atoms with E-state index in [9.17, 15) is 13.5 Å². The summed E-state index contributed by atoms with van der Waals surface area (Å²) in [5.41, 5.74) is 1.14. The molecule has 21 heavy (non-hydrogen) atoms. The molecule has 2 aromatic rings. The van der Waals surface area contributed by atoms with Gasteiger partial charge in [0.15, 0.2) is 0 Å². The lowest BCUT2D eigenvalue weighted by atomic mass is 10.2. The van der Waals surface area contributed by atoms with Crippen LogP contribution in [-0.4, -0.2) is 18.5 Å². The van der Waals surface area contributed by atoms with Crippen LogP contribution in [0.25, 0.3) is 0 Å². The Balaban J connectivity index is 2.38. The maximum Gasteiger partial charge on any atom is 0.241 e. The Kier molecular flexibility index (Phi) is 5.15. The number of aliphatic hydroxyl groups is 1. The second-order valence-electron chi connectivity index (χ2n) is 4.57. The molecule has 8 heteroatoms. The zero-order valence-electron chi connectivity index (χ0n) is 11.5. The molecule has 0 fully saturated rings. The van der Waals surface area contributed by atoms with E-state index in [0.29, 0.717) is 20.6 Å². The Morgan fingerprint density at radius 2 is 2.19 bits per heavy atom. The van der Waals surface area contributed by atoms with Gasteiger partial charge in [-0.2, -0.15) is 0 Å². The van der Waals surface area contributed by atoms with Crippen molar-refractivity contribution in [2.24, 2.45) is 0 Å². The SMILES string of the molecule is Cc1c(Br)cc(CO)cc1S(=O)(=O)NC(C)c1nccs1. The Bertz CT molecular complexity index is 730. The van der Waals surface area contributed by atoms with Crippen molar-refractivity contribution in [1.82, 2.24) is 9.71 Å². The molecule has 114 valence electrons. The number of rotatable bonds is 5. The van der Waals surface area contributed by atoms with Gasteiger partial charge in [-0.15, -0.1) is 11.3 Å². The van der Waals surface area contributed by atoms with Crippen LogP contribution in [0.5, 0.6) is 0 Å². The monoisotopic (exact) mass is 390 g/mol. The van der Waals surface area contributed by atoms with Crippen molar-refractivity contribution >= 4 is 37.3 Å².